The van der Waals surface area contributed by atoms with Crippen molar-refractivity contribution in [2.24, 2.45) is 11.8 Å². The molecule has 1 aromatic rings. The maximum absolute atomic E-state index is 9.57. The van der Waals surface area contributed by atoms with E-state index in [1.54, 1.807) is 0 Å². The van der Waals surface area contributed by atoms with Crippen LogP contribution in [0.5, 0.6) is 0 Å². The largest absolute Gasteiger partial charge is 0.396 e. The first kappa shape index (κ1) is 15.5. The summed E-state index contributed by atoms with van der Waals surface area (Å²) in [4.78, 5) is 4.35. The molecule has 0 radical (unpaired) electrons. The van der Waals surface area contributed by atoms with Crippen molar-refractivity contribution >= 4 is 0 Å². The zero-order valence-electron chi connectivity index (χ0n) is 12.6. The summed E-state index contributed by atoms with van der Waals surface area (Å²) >= 11 is 0. The zero-order chi connectivity index (χ0) is 14.2. The minimum atomic E-state index is 0.229. The third kappa shape index (κ3) is 4.57. The van der Waals surface area contributed by atoms with Crippen molar-refractivity contribution in [1.29, 1.82) is 0 Å². The van der Waals surface area contributed by atoms with E-state index < -0.39 is 0 Å². The van der Waals surface area contributed by atoms with Gasteiger partial charge in [0.25, 0.3) is 0 Å². The average Bonchev–Trinajstić information content (AvgIpc) is 2.52. The number of rotatable bonds is 7. The summed E-state index contributed by atoms with van der Waals surface area (Å²) in [6.45, 7) is 3.42. The van der Waals surface area contributed by atoms with Gasteiger partial charge in [-0.15, -0.1) is 0 Å². The van der Waals surface area contributed by atoms with Crippen LogP contribution in [0.25, 0.3) is 0 Å². The van der Waals surface area contributed by atoms with Gasteiger partial charge in [-0.05, 0) is 43.2 Å². The van der Waals surface area contributed by atoms with E-state index in [-0.39, 0.29) is 12.5 Å². The third-order valence-electron chi connectivity index (χ3n) is 4.58. The molecule has 1 heterocycles. The number of aliphatic hydroxyl groups excluding tert-OH is 1. The van der Waals surface area contributed by atoms with E-state index in [9.17, 15) is 5.11 Å². The molecule has 0 bridgehead atoms. The number of aromatic nitrogens is 1. The molecule has 0 spiro atoms. The topological polar surface area (TPSA) is 45.1 Å². The second-order valence-corrected chi connectivity index (χ2v) is 6.04. The Balaban J connectivity index is 1.81. The summed E-state index contributed by atoms with van der Waals surface area (Å²) in [5.41, 5.74) is 1.07. The molecule has 1 aliphatic rings. The normalized spacial score (nSPS) is 24.5. The van der Waals surface area contributed by atoms with Gasteiger partial charge in [-0.25, -0.2) is 0 Å². The van der Waals surface area contributed by atoms with Gasteiger partial charge >= 0.3 is 0 Å². The van der Waals surface area contributed by atoms with E-state index in [0.29, 0.717) is 6.04 Å². The molecule has 3 nitrogen and oxygen atoms in total. The first-order chi connectivity index (χ1) is 9.83. The maximum atomic E-state index is 9.57. The van der Waals surface area contributed by atoms with Crippen molar-refractivity contribution < 1.29 is 5.11 Å². The van der Waals surface area contributed by atoms with Gasteiger partial charge in [0, 0.05) is 31.1 Å². The summed E-state index contributed by atoms with van der Waals surface area (Å²) in [6.07, 6.45) is 9.33. The van der Waals surface area contributed by atoms with Crippen LogP contribution in [0.2, 0.25) is 0 Å². The van der Waals surface area contributed by atoms with E-state index >= 15 is 0 Å². The van der Waals surface area contributed by atoms with Crippen LogP contribution in [-0.2, 0) is 6.42 Å². The monoisotopic (exact) mass is 276 g/mol. The van der Waals surface area contributed by atoms with Gasteiger partial charge in [-0.1, -0.05) is 32.3 Å². The van der Waals surface area contributed by atoms with Crippen LogP contribution >= 0.6 is 0 Å². The van der Waals surface area contributed by atoms with Crippen molar-refractivity contribution in [1.82, 2.24) is 10.3 Å². The highest BCUT2D eigenvalue weighted by Gasteiger charge is 2.23. The molecule has 112 valence electrons. The van der Waals surface area contributed by atoms with Crippen molar-refractivity contribution in [3.63, 3.8) is 0 Å². The highest BCUT2D eigenvalue weighted by Crippen LogP contribution is 2.26. The van der Waals surface area contributed by atoms with Crippen LogP contribution in [0, 0.1) is 11.8 Å². The molecule has 1 fully saturated rings. The molecular formula is C17H28N2O. The van der Waals surface area contributed by atoms with Crippen molar-refractivity contribution in [2.75, 3.05) is 13.2 Å². The third-order valence-corrected chi connectivity index (χ3v) is 4.58. The molecule has 3 unspecified atom stereocenters. The van der Waals surface area contributed by atoms with Crippen molar-refractivity contribution in [2.45, 2.75) is 51.5 Å². The number of aliphatic hydroxyl groups is 1. The van der Waals surface area contributed by atoms with Crippen LogP contribution in [-0.4, -0.2) is 29.3 Å². The van der Waals surface area contributed by atoms with Gasteiger partial charge in [-0.3, -0.25) is 4.98 Å². The fourth-order valence-electron chi connectivity index (χ4n) is 3.30. The van der Waals surface area contributed by atoms with Crippen LogP contribution in [0.4, 0.5) is 0 Å². The number of nitrogens with zero attached hydrogens (tertiary/aromatic N) is 1. The SMILES string of the molecule is CCC1CCCCC1NCC(CO)Cc1ccccn1. The lowest BCUT2D eigenvalue weighted by atomic mass is 9.82. The number of hydrogen-bond donors (Lipinski definition) is 2. The molecule has 3 heteroatoms. The molecule has 0 saturated heterocycles. The molecule has 2 rings (SSSR count). The molecule has 20 heavy (non-hydrogen) atoms. The maximum Gasteiger partial charge on any atom is 0.0475 e. The summed E-state index contributed by atoms with van der Waals surface area (Å²) in [5.74, 6) is 1.09. The van der Waals surface area contributed by atoms with E-state index in [1.807, 2.05) is 24.4 Å². The highest BCUT2D eigenvalue weighted by atomic mass is 16.3. The lowest BCUT2D eigenvalue weighted by molar-refractivity contribution is 0.196. The van der Waals surface area contributed by atoms with Crippen molar-refractivity contribution in [3.8, 4) is 0 Å². The van der Waals surface area contributed by atoms with Crippen molar-refractivity contribution in [3.05, 3.63) is 30.1 Å². The van der Waals surface area contributed by atoms with E-state index in [1.165, 1.54) is 32.1 Å². The smallest absolute Gasteiger partial charge is 0.0475 e. The lowest BCUT2D eigenvalue weighted by Crippen LogP contribution is -2.41. The van der Waals surface area contributed by atoms with Crippen LogP contribution in [0.15, 0.2) is 24.4 Å². The molecule has 1 saturated carbocycles. The van der Waals surface area contributed by atoms with Gasteiger partial charge in [0.1, 0.15) is 0 Å². The molecule has 0 aromatic carbocycles. The Hall–Kier alpha value is -0.930. The quantitative estimate of drug-likeness (QED) is 0.805. The molecule has 1 aliphatic carbocycles. The summed E-state index contributed by atoms with van der Waals surface area (Å²) < 4.78 is 0. The average molecular weight is 276 g/mol. The Morgan fingerprint density at radius 1 is 1.35 bits per heavy atom. The first-order valence-electron chi connectivity index (χ1n) is 8.07. The van der Waals surface area contributed by atoms with Gasteiger partial charge in [0.2, 0.25) is 0 Å². The number of pyridine rings is 1. The predicted octanol–water partition coefficient (Wildman–Crippen LogP) is 2.79. The molecule has 1 aromatic heterocycles. The lowest BCUT2D eigenvalue weighted by Gasteiger charge is -2.32. The Morgan fingerprint density at radius 2 is 2.20 bits per heavy atom. The van der Waals surface area contributed by atoms with Gasteiger partial charge in [-0.2, -0.15) is 0 Å². The summed E-state index contributed by atoms with van der Waals surface area (Å²) in [5, 5.41) is 13.3. The second-order valence-electron chi connectivity index (χ2n) is 6.04. The Bertz CT molecular complexity index is 369. The van der Waals surface area contributed by atoms with E-state index in [0.717, 1.165) is 24.6 Å². The Kier molecular flexibility index (Phi) is 6.48. The second kappa shape index (κ2) is 8.38. The fourth-order valence-corrected chi connectivity index (χ4v) is 3.30. The van der Waals surface area contributed by atoms with Crippen LogP contribution < -0.4 is 5.32 Å². The van der Waals surface area contributed by atoms with Crippen LogP contribution in [0.3, 0.4) is 0 Å². The molecule has 0 aliphatic heterocycles. The number of nitrogens with one attached hydrogen (secondary N) is 1. The molecule has 2 N–H and O–H groups in total. The van der Waals surface area contributed by atoms with Gasteiger partial charge in [0.15, 0.2) is 0 Å². The molecular weight excluding hydrogens is 248 g/mol. The van der Waals surface area contributed by atoms with Gasteiger partial charge < -0.3 is 10.4 Å². The minimum Gasteiger partial charge on any atom is -0.396 e. The van der Waals surface area contributed by atoms with Crippen LogP contribution in [0.1, 0.15) is 44.7 Å². The molecule has 0 amide bonds. The predicted molar refractivity (Wildman–Crippen MR) is 82.6 cm³/mol. The Labute approximate surface area is 122 Å². The summed E-state index contributed by atoms with van der Waals surface area (Å²) in [6, 6.07) is 6.63. The van der Waals surface area contributed by atoms with Gasteiger partial charge in [0.05, 0.1) is 0 Å². The standard InChI is InChI=1S/C17H28N2O/c1-2-15-7-3-4-9-17(15)19-12-14(13-20)11-16-8-5-6-10-18-16/h5-6,8,10,14-15,17,19-20H,2-4,7,9,11-13H2,1H3. The van der Waals surface area contributed by atoms with E-state index in [2.05, 4.69) is 17.2 Å². The van der Waals surface area contributed by atoms with E-state index in [4.69, 9.17) is 0 Å². The summed E-state index contributed by atoms with van der Waals surface area (Å²) in [7, 11) is 0. The first-order valence-corrected chi connectivity index (χ1v) is 8.07. The fraction of sp³-hybridized carbons (Fsp3) is 0.706. The minimum absolute atomic E-state index is 0.229. The zero-order valence-corrected chi connectivity index (χ0v) is 12.6. The number of hydrogen-bond acceptors (Lipinski definition) is 3. The molecule has 3 atom stereocenters. The highest BCUT2D eigenvalue weighted by molar-refractivity contribution is 5.04. The Morgan fingerprint density at radius 3 is 2.90 bits per heavy atom.